The predicted molar refractivity (Wildman–Crippen MR) is 129 cm³/mol. The fourth-order valence-electron chi connectivity index (χ4n) is 3.87. The normalized spacial score (nSPS) is 16.2. The van der Waals surface area contributed by atoms with Crippen LogP contribution >= 0.6 is 24.0 Å². The molecule has 0 unspecified atom stereocenters. The van der Waals surface area contributed by atoms with Gasteiger partial charge in [0, 0.05) is 32.2 Å². The molecule has 2 aromatic rings. The van der Waals surface area contributed by atoms with Crippen molar-refractivity contribution >= 4 is 41.0 Å². The second-order valence-corrected chi connectivity index (χ2v) is 7.32. The van der Waals surface area contributed by atoms with E-state index in [-0.39, 0.29) is 24.0 Å². The van der Waals surface area contributed by atoms with Gasteiger partial charge < -0.3 is 20.1 Å². The zero-order valence-electron chi connectivity index (χ0n) is 17.4. The van der Waals surface area contributed by atoms with E-state index in [0.717, 1.165) is 36.9 Å². The third-order valence-corrected chi connectivity index (χ3v) is 5.25. The summed E-state index contributed by atoms with van der Waals surface area (Å²) in [5.74, 6) is 1.99. The minimum atomic E-state index is 0. The number of para-hydroxylation sites is 2. The Morgan fingerprint density at radius 3 is 2.64 bits per heavy atom. The number of nitrogens with one attached hydrogen (secondary N) is 2. The minimum absolute atomic E-state index is 0. The number of fused-ring (bicyclic) bond motifs is 1. The van der Waals surface area contributed by atoms with Gasteiger partial charge in [0.2, 0.25) is 0 Å². The minimum Gasteiger partial charge on any atom is -0.357 e. The van der Waals surface area contributed by atoms with Gasteiger partial charge >= 0.3 is 0 Å². The topological polar surface area (TPSA) is 57.5 Å². The van der Waals surface area contributed by atoms with E-state index in [1.54, 1.807) is 0 Å². The Labute approximate surface area is 186 Å². The summed E-state index contributed by atoms with van der Waals surface area (Å²) in [6, 6.07) is 8.83. The monoisotopic (exact) mass is 498 g/mol. The lowest BCUT2D eigenvalue weighted by atomic mass is 10.1. The van der Waals surface area contributed by atoms with Crippen LogP contribution < -0.4 is 10.6 Å². The molecule has 1 aromatic heterocycles. The molecule has 0 radical (unpaired) electrons. The maximum atomic E-state index is 4.82. The first-order chi connectivity index (χ1) is 13.2. The third-order valence-electron chi connectivity index (χ3n) is 5.25. The van der Waals surface area contributed by atoms with Crippen LogP contribution in [0.15, 0.2) is 29.3 Å². The Morgan fingerprint density at radius 2 is 1.93 bits per heavy atom. The summed E-state index contributed by atoms with van der Waals surface area (Å²) in [4.78, 5) is 12.0. The molecule has 0 atom stereocenters. The highest BCUT2D eigenvalue weighted by molar-refractivity contribution is 14.0. The van der Waals surface area contributed by atoms with Crippen molar-refractivity contribution in [3.63, 3.8) is 0 Å². The predicted octanol–water partition coefficient (Wildman–Crippen LogP) is 3.39. The van der Waals surface area contributed by atoms with Gasteiger partial charge in [-0.25, -0.2) is 4.98 Å². The van der Waals surface area contributed by atoms with E-state index in [0.29, 0.717) is 6.04 Å². The van der Waals surface area contributed by atoms with Crippen molar-refractivity contribution < 1.29 is 0 Å². The molecule has 1 fully saturated rings. The smallest absolute Gasteiger partial charge is 0.191 e. The summed E-state index contributed by atoms with van der Waals surface area (Å²) in [6.07, 6.45) is 3.62. The number of aromatic nitrogens is 2. The Hall–Kier alpha value is -1.35. The van der Waals surface area contributed by atoms with E-state index in [1.165, 1.54) is 44.4 Å². The van der Waals surface area contributed by atoms with Crippen LogP contribution in [0, 0.1) is 6.92 Å². The average molecular weight is 498 g/mol. The number of hydrogen-bond donors (Lipinski definition) is 2. The van der Waals surface area contributed by atoms with Gasteiger partial charge in [0.05, 0.1) is 17.6 Å². The highest BCUT2D eigenvalue weighted by atomic mass is 127. The lowest BCUT2D eigenvalue weighted by Crippen LogP contribution is -2.48. The number of halogens is 1. The van der Waals surface area contributed by atoms with Gasteiger partial charge in [-0.15, -0.1) is 24.0 Å². The van der Waals surface area contributed by atoms with Crippen molar-refractivity contribution in [2.75, 3.05) is 32.7 Å². The van der Waals surface area contributed by atoms with Crippen LogP contribution in [0.3, 0.4) is 0 Å². The molecular weight excluding hydrogens is 463 g/mol. The zero-order valence-corrected chi connectivity index (χ0v) is 19.8. The van der Waals surface area contributed by atoms with Crippen LogP contribution in [-0.4, -0.2) is 59.2 Å². The summed E-state index contributed by atoms with van der Waals surface area (Å²) in [6.45, 7) is 12.5. The number of piperidine rings is 1. The molecule has 1 aromatic carbocycles. The van der Waals surface area contributed by atoms with Gasteiger partial charge in [-0.05, 0) is 51.8 Å². The fourth-order valence-corrected chi connectivity index (χ4v) is 3.87. The molecular formula is C21H35IN6. The number of aryl methyl sites for hydroxylation is 1. The molecule has 7 heteroatoms. The molecule has 3 rings (SSSR count). The van der Waals surface area contributed by atoms with E-state index >= 15 is 0 Å². The maximum Gasteiger partial charge on any atom is 0.191 e. The molecule has 2 heterocycles. The summed E-state index contributed by atoms with van der Waals surface area (Å²) in [7, 11) is 0. The number of benzene rings is 1. The lowest BCUT2D eigenvalue weighted by Gasteiger charge is -2.32. The maximum absolute atomic E-state index is 4.82. The molecule has 0 spiro atoms. The van der Waals surface area contributed by atoms with Gasteiger partial charge in [-0.1, -0.05) is 19.1 Å². The summed E-state index contributed by atoms with van der Waals surface area (Å²) >= 11 is 0. The largest absolute Gasteiger partial charge is 0.357 e. The SMILES string of the molecule is CCCN1CCC(NC(=NCCn2c(C)nc3ccccc32)NCC)CC1.I. The number of imidazole rings is 1. The van der Waals surface area contributed by atoms with E-state index in [4.69, 9.17) is 4.99 Å². The second kappa shape index (κ2) is 11.6. The number of likely N-dealkylation sites (tertiary alicyclic amines) is 1. The summed E-state index contributed by atoms with van der Waals surface area (Å²) in [5.41, 5.74) is 2.24. The van der Waals surface area contributed by atoms with E-state index < -0.39 is 0 Å². The number of nitrogens with zero attached hydrogens (tertiary/aromatic N) is 4. The summed E-state index contributed by atoms with van der Waals surface area (Å²) < 4.78 is 2.26. The van der Waals surface area contributed by atoms with E-state index in [9.17, 15) is 0 Å². The highest BCUT2D eigenvalue weighted by Crippen LogP contribution is 2.15. The third kappa shape index (κ3) is 6.07. The van der Waals surface area contributed by atoms with Gasteiger partial charge in [0.25, 0.3) is 0 Å². The van der Waals surface area contributed by atoms with Crippen molar-refractivity contribution in [2.24, 2.45) is 4.99 Å². The Kier molecular flexibility index (Phi) is 9.50. The number of aliphatic imine (C=N–C) groups is 1. The first-order valence-corrected chi connectivity index (χ1v) is 10.4. The molecule has 0 amide bonds. The van der Waals surface area contributed by atoms with Crippen LogP contribution in [-0.2, 0) is 6.54 Å². The highest BCUT2D eigenvalue weighted by Gasteiger charge is 2.19. The summed E-state index contributed by atoms with van der Waals surface area (Å²) in [5, 5.41) is 7.04. The van der Waals surface area contributed by atoms with Gasteiger partial charge in [0.15, 0.2) is 5.96 Å². The van der Waals surface area contributed by atoms with Crippen molar-refractivity contribution in [2.45, 2.75) is 52.6 Å². The Bertz CT molecular complexity index is 748. The standard InChI is InChI=1S/C21H34N6.HI/c1-4-13-26-14-10-18(11-15-26)25-21(22-5-2)23-12-16-27-17(3)24-19-8-6-7-9-20(19)27;/h6-9,18H,4-5,10-16H2,1-3H3,(H2,22,23,25);1H. The lowest BCUT2D eigenvalue weighted by molar-refractivity contribution is 0.206. The van der Waals surface area contributed by atoms with Crippen LogP contribution in [0.25, 0.3) is 11.0 Å². The van der Waals surface area contributed by atoms with Crippen LogP contribution in [0.2, 0.25) is 0 Å². The zero-order chi connectivity index (χ0) is 19.1. The fraction of sp³-hybridized carbons (Fsp3) is 0.619. The van der Waals surface area contributed by atoms with Crippen LogP contribution in [0.1, 0.15) is 38.9 Å². The quantitative estimate of drug-likeness (QED) is 0.349. The molecule has 28 heavy (non-hydrogen) atoms. The number of guanidine groups is 1. The first kappa shape index (κ1) is 22.9. The molecule has 156 valence electrons. The van der Waals surface area contributed by atoms with Crippen molar-refractivity contribution in [3.05, 3.63) is 30.1 Å². The van der Waals surface area contributed by atoms with Crippen molar-refractivity contribution in [1.29, 1.82) is 0 Å². The van der Waals surface area contributed by atoms with Crippen LogP contribution in [0.4, 0.5) is 0 Å². The molecule has 6 nitrogen and oxygen atoms in total. The number of hydrogen-bond acceptors (Lipinski definition) is 3. The molecule has 1 saturated heterocycles. The van der Waals surface area contributed by atoms with Crippen molar-refractivity contribution in [3.8, 4) is 0 Å². The average Bonchev–Trinajstić information content (AvgIpc) is 2.99. The molecule has 1 aliphatic heterocycles. The molecule has 0 saturated carbocycles. The molecule has 2 N–H and O–H groups in total. The van der Waals surface area contributed by atoms with Gasteiger partial charge in [-0.3, -0.25) is 4.99 Å². The Balaban J connectivity index is 0.00000280. The van der Waals surface area contributed by atoms with Crippen LogP contribution in [0.5, 0.6) is 0 Å². The molecule has 1 aliphatic rings. The van der Waals surface area contributed by atoms with E-state index in [1.807, 2.05) is 6.07 Å². The van der Waals surface area contributed by atoms with Gasteiger partial charge in [-0.2, -0.15) is 0 Å². The first-order valence-electron chi connectivity index (χ1n) is 10.4. The van der Waals surface area contributed by atoms with Gasteiger partial charge in [0.1, 0.15) is 5.82 Å². The Morgan fingerprint density at radius 1 is 1.18 bits per heavy atom. The molecule has 0 aliphatic carbocycles. The second-order valence-electron chi connectivity index (χ2n) is 7.32. The number of rotatable bonds is 7. The van der Waals surface area contributed by atoms with Crippen molar-refractivity contribution in [1.82, 2.24) is 25.1 Å². The van der Waals surface area contributed by atoms with E-state index in [2.05, 4.69) is 64.1 Å². The molecule has 0 bridgehead atoms.